The Bertz CT molecular complexity index is 1310. The van der Waals surface area contributed by atoms with Crippen LogP contribution in [0.25, 0.3) is 0 Å². The third-order valence-electron chi connectivity index (χ3n) is 17.4. The Morgan fingerprint density at radius 1 is 0.778 bits per heavy atom. The number of esters is 1. The van der Waals surface area contributed by atoms with Gasteiger partial charge < -0.3 is 23.8 Å². The lowest BCUT2D eigenvalue weighted by atomic mass is 9.47. The molecule has 9 atom stereocenters. The molecule has 63 heavy (non-hydrogen) atoms. The van der Waals surface area contributed by atoms with Crippen LogP contribution in [0, 0.1) is 46.3 Å². The number of unbranched alkanes of at least 4 members (excludes halogenated alkanes) is 12. The molecule has 6 heteroatoms. The van der Waals surface area contributed by atoms with Crippen LogP contribution >= 0.6 is 0 Å². The molecule has 0 aromatic rings. The van der Waals surface area contributed by atoms with Crippen molar-refractivity contribution in [1.82, 2.24) is 4.90 Å². The number of carbonyl (C=O) groups excluding carboxylic acids is 1. The van der Waals surface area contributed by atoms with Crippen molar-refractivity contribution in [3.8, 4) is 0 Å². The maximum atomic E-state index is 12.9. The summed E-state index contributed by atoms with van der Waals surface area (Å²) in [6.07, 6.45) is 44.2. The quantitative estimate of drug-likeness (QED) is 0.0381. The minimum Gasteiger partial charge on any atom is -0.462 e. The standard InChI is InChI=1S/C57H101NO5/c1-7-8-9-10-11-12-13-14-15-16-17-18-19-20-21-25-39-60-44-50(43-58-37-23-22-24-38-58)61-40-41-62-55(59)45-63-49-33-35-56(5)48(42-49)29-30-51-53-32-31-52(47(4)28-26-27-46(2)3)57(53,6)36-34-54(51)56/h14-15,29,46-47,49-54H,7-13,16-28,30-45H2,1-6H3/b15-14-/t47-,49+,50?,51?,52?,53-,54?,56+,57-/m1/s1. The molecule has 364 valence electrons. The monoisotopic (exact) mass is 880 g/mol. The number of carbonyl (C=O) groups is 1. The molecule has 1 aliphatic heterocycles. The highest BCUT2D eigenvalue weighted by Crippen LogP contribution is 2.67. The summed E-state index contributed by atoms with van der Waals surface area (Å²) in [6.45, 7) is 20.2. The average molecular weight is 880 g/mol. The zero-order valence-corrected chi connectivity index (χ0v) is 42.3. The second kappa shape index (κ2) is 28.9. The summed E-state index contributed by atoms with van der Waals surface area (Å²) in [5.74, 6) is 4.84. The topological polar surface area (TPSA) is 57.2 Å². The van der Waals surface area contributed by atoms with Gasteiger partial charge in [-0.3, -0.25) is 0 Å². The highest BCUT2D eigenvalue weighted by Gasteiger charge is 2.59. The summed E-state index contributed by atoms with van der Waals surface area (Å²) in [7, 11) is 0. The molecule has 4 unspecified atom stereocenters. The predicted octanol–water partition coefficient (Wildman–Crippen LogP) is 14.9. The Morgan fingerprint density at radius 2 is 1.49 bits per heavy atom. The molecule has 1 heterocycles. The van der Waals surface area contributed by atoms with Crippen molar-refractivity contribution >= 4 is 5.97 Å². The molecule has 6 nitrogen and oxygen atoms in total. The van der Waals surface area contributed by atoms with E-state index in [9.17, 15) is 4.79 Å². The van der Waals surface area contributed by atoms with E-state index in [-0.39, 0.29) is 31.4 Å². The van der Waals surface area contributed by atoms with Crippen molar-refractivity contribution in [3.05, 3.63) is 23.8 Å². The predicted molar refractivity (Wildman–Crippen MR) is 264 cm³/mol. The summed E-state index contributed by atoms with van der Waals surface area (Å²) < 4.78 is 24.4. The summed E-state index contributed by atoms with van der Waals surface area (Å²) >= 11 is 0. The number of piperidine rings is 1. The molecule has 5 aliphatic rings. The lowest BCUT2D eigenvalue weighted by Crippen LogP contribution is -2.51. The van der Waals surface area contributed by atoms with Gasteiger partial charge in [-0.2, -0.15) is 0 Å². The van der Waals surface area contributed by atoms with Gasteiger partial charge in [-0.25, -0.2) is 4.79 Å². The summed E-state index contributed by atoms with van der Waals surface area (Å²) in [4.78, 5) is 15.4. The summed E-state index contributed by atoms with van der Waals surface area (Å²) in [5, 5.41) is 0. The second-order valence-electron chi connectivity index (χ2n) is 22.6. The van der Waals surface area contributed by atoms with E-state index in [1.807, 2.05) is 0 Å². The molecule has 0 aromatic heterocycles. The zero-order valence-electron chi connectivity index (χ0n) is 42.3. The molecule has 5 rings (SSSR count). The van der Waals surface area contributed by atoms with Crippen molar-refractivity contribution in [2.45, 2.75) is 234 Å². The molecule has 1 saturated heterocycles. The fraction of sp³-hybridized carbons (Fsp3) is 0.912. The first kappa shape index (κ1) is 52.8. The minimum absolute atomic E-state index is 0.00297. The summed E-state index contributed by atoms with van der Waals surface area (Å²) in [6, 6.07) is 0. The van der Waals surface area contributed by atoms with Crippen molar-refractivity contribution < 1.29 is 23.7 Å². The van der Waals surface area contributed by atoms with Crippen LogP contribution in [-0.2, 0) is 23.7 Å². The Morgan fingerprint density at radius 3 is 2.22 bits per heavy atom. The molecule has 4 fully saturated rings. The lowest BCUT2D eigenvalue weighted by molar-refractivity contribution is -0.154. The Kier molecular flexibility index (Phi) is 24.2. The lowest BCUT2D eigenvalue weighted by Gasteiger charge is -2.58. The highest BCUT2D eigenvalue weighted by molar-refractivity contribution is 5.70. The Balaban J connectivity index is 0.928. The van der Waals surface area contributed by atoms with Crippen LogP contribution in [0.15, 0.2) is 23.8 Å². The smallest absolute Gasteiger partial charge is 0.332 e. The van der Waals surface area contributed by atoms with Crippen LogP contribution in [0.4, 0.5) is 0 Å². The minimum atomic E-state index is -0.269. The molecule has 0 spiro atoms. The van der Waals surface area contributed by atoms with Gasteiger partial charge in [-0.05, 0) is 156 Å². The van der Waals surface area contributed by atoms with Gasteiger partial charge in [-0.1, -0.05) is 149 Å². The molecule has 0 N–H and O–H groups in total. The molecule has 0 bridgehead atoms. The number of nitrogens with zero attached hydrogens (tertiary/aromatic N) is 1. The number of likely N-dealkylation sites (tertiary alicyclic amines) is 1. The van der Waals surface area contributed by atoms with E-state index < -0.39 is 0 Å². The fourth-order valence-electron chi connectivity index (χ4n) is 13.6. The second-order valence-corrected chi connectivity index (χ2v) is 22.6. The van der Waals surface area contributed by atoms with Gasteiger partial charge in [0.2, 0.25) is 0 Å². The van der Waals surface area contributed by atoms with Crippen LogP contribution in [0.3, 0.4) is 0 Å². The van der Waals surface area contributed by atoms with Crippen LogP contribution in [-0.4, -0.2) is 75.7 Å². The fourth-order valence-corrected chi connectivity index (χ4v) is 13.6. The third-order valence-corrected chi connectivity index (χ3v) is 17.4. The number of allylic oxidation sites excluding steroid dienone is 3. The molecule has 0 aromatic carbocycles. The van der Waals surface area contributed by atoms with E-state index in [0.717, 1.165) is 81.0 Å². The molecule has 4 aliphatic carbocycles. The summed E-state index contributed by atoms with van der Waals surface area (Å²) in [5.41, 5.74) is 2.44. The normalized spacial score (nSPS) is 29.6. The molecular weight excluding hydrogens is 779 g/mol. The highest BCUT2D eigenvalue weighted by atomic mass is 16.6. The maximum absolute atomic E-state index is 12.9. The molecule has 0 radical (unpaired) electrons. The van der Waals surface area contributed by atoms with Crippen molar-refractivity contribution in [2.24, 2.45) is 46.3 Å². The van der Waals surface area contributed by atoms with Crippen molar-refractivity contribution in [2.75, 3.05) is 52.7 Å². The van der Waals surface area contributed by atoms with Crippen LogP contribution < -0.4 is 0 Å². The Labute approximate surface area is 389 Å². The third kappa shape index (κ3) is 17.1. The number of rotatable bonds is 32. The average Bonchev–Trinajstić information content (AvgIpc) is 3.64. The number of hydrogen-bond donors (Lipinski definition) is 0. The van der Waals surface area contributed by atoms with Gasteiger partial charge in [0, 0.05) is 13.2 Å². The molecule has 0 amide bonds. The Hall–Kier alpha value is -1.21. The van der Waals surface area contributed by atoms with Gasteiger partial charge >= 0.3 is 5.97 Å². The molecular formula is C57H101NO5. The number of hydrogen-bond acceptors (Lipinski definition) is 6. The number of ether oxygens (including phenoxy) is 4. The van der Waals surface area contributed by atoms with Crippen LogP contribution in [0.2, 0.25) is 0 Å². The van der Waals surface area contributed by atoms with Crippen LogP contribution in [0.5, 0.6) is 0 Å². The van der Waals surface area contributed by atoms with Gasteiger partial charge in [0.25, 0.3) is 0 Å². The molecule has 3 saturated carbocycles. The number of fused-ring (bicyclic) bond motifs is 5. The van der Waals surface area contributed by atoms with E-state index in [0.29, 0.717) is 24.0 Å². The van der Waals surface area contributed by atoms with E-state index >= 15 is 0 Å². The first-order valence-corrected chi connectivity index (χ1v) is 27.7. The van der Waals surface area contributed by atoms with Crippen molar-refractivity contribution in [3.63, 3.8) is 0 Å². The maximum Gasteiger partial charge on any atom is 0.332 e. The van der Waals surface area contributed by atoms with E-state index in [1.54, 1.807) is 5.57 Å². The van der Waals surface area contributed by atoms with Crippen molar-refractivity contribution in [1.29, 1.82) is 0 Å². The first-order chi connectivity index (χ1) is 30.6. The largest absolute Gasteiger partial charge is 0.462 e. The first-order valence-electron chi connectivity index (χ1n) is 27.7. The SMILES string of the molecule is CCCCCCCC/C=C\CCCCCCCCOCC(CN1CCCCC1)OCCOC(=O)CO[C@H]1CC[C@@]2(C)C(=CCC3C2CC[C@]2(C)C([C@H](C)CCCC(C)C)CC[C@H]32)C1. The van der Waals surface area contributed by atoms with E-state index in [4.69, 9.17) is 18.9 Å². The van der Waals surface area contributed by atoms with Gasteiger partial charge in [0.1, 0.15) is 13.2 Å². The zero-order chi connectivity index (χ0) is 44.8. The van der Waals surface area contributed by atoms with Gasteiger partial charge in [0.05, 0.1) is 25.4 Å². The van der Waals surface area contributed by atoms with Gasteiger partial charge in [0.15, 0.2) is 0 Å². The van der Waals surface area contributed by atoms with Gasteiger partial charge in [-0.15, -0.1) is 0 Å². The van der Waals surface area contributed by atoms with E-state index in [1.165, 1.54) is 161 Å². The van der Waals surface area contributed by atoms with Crippen LogP contribution in [0.1, 0.15) is 221 Å². The van der Waals surface area contributed by atoms with E-state index in [2.05, 4.69) is 64.7 Å².